The van der Waals surface area contributed by atoms with Crippen LogP contribution in [0.25, 0.3) is 5.69 Å². The Bertz CT molecular complexity index is 1300. The van der Waals surface area contributed by atoms with E-state index in [0.717, 1.165) is 22.8 Å². The van der Waals surface area contributed by atoms with Gasteiger partial charge in [-0.25, -0.2) is 4.79 Å². The Hall–Kier alpha value is -4.17. The summed E-state index contributed by atoms with van der Waals surface area (Å²) in [6.45, 7) is 0. The number of phenols is 1. The van der Waals surface area contributed by atoms with Gasteiger partial charge in [-0.2, -0.15) is 0 Å². The number of aromatic hydroxyl groups is 1. The van der Waals surface area contributed by atoms with Gasteiger partial charge in [0.25, 0.3) is 0 Å². The number of hydrogen-bond donors (Lipinski definition) is 3. The number of pyridine rings is 1. The molecule has 2 aromatic carbocycles. The number of benzene rings is 2. The molecular formula is C25H20N4O3S. The number of anilines is 1. The highest BCUT2D eigenvalue weighted by Gasteiger charge is 2.42. The fourth-order valence-corrected chi connectivity index (χ4v) is 4.53. The molecule has 0 radical (unpaired) electrons. The maximum absolute atomic E-state index is 11.3. The Morgan fingerprint density at radius 1 is 0.939 bits per heavy atom. The molecule has 0 amide bonds. The summed E-state index contributed by atoms with van der Waals surface area (Å²) in [5.41, 5.74) is 3.70. The van der Waals surface area contributed by atoms with Crippen molar-refractivity contribution in [3.05, 3.63) is 108 Å². The van der Waals surface area contributed by atoms with Gasteiger partial charge in [-0.3, -0.25) is 4.98 Å². The fraction of sp³-hybridized carbons (Fsp3) is 0.0800. The predicted octanol–water partition coefficient (Wildman–Crippen LogP) is 4.45. The third kappa shape index (κ3) is 3.81. The molecule has 1 fully saturated rings. The van der Waals surface area contributed by atoms with Gasteiger partial charge in [0.05, 0.1) is 17.3 Å². The van der Waals surface area contributed by atoms with Crippen LogP contribution < -0.4 is 10.2 Å². The standard InChI is InChI=1S/C25H20N4O3S/c30-19-12-10-18(11-13-19)29-23(22(27-25(29)33)20-4-1-2-14-26-20)21-5-3-15-28(21)17-8-6-16(7-9-17)24(31)32/h1-15,22-23,30H,(H,27,33)(H,31,32)/t22-,23-/m0/s1. The van der Waals surface area contributed by atoms with Gasteiger partial charge in [-0.15, -0.1) is 0 Å². The second-order valence-electron chi connectivity index (χ2n) is 7.67. The lowest BCUT2D eigenvalue weighted by atomic mass is 10.0. The van der Waals surface area contributed by atoms with Crippen LogP contribution in [-0.4, -0.2) is 30.8 Å². The average molecular weight is 457 g/mol. The minimum atomic E-state index is -0.964. The van der Waals surface area contributed by atoms with Crippen LogP contribution in [-0.2, 0) is 0 Å². The number of rotatable bonds is 5. The number of carboxylic acids is 1. The predicted molar refractivity (Wildman–Crippen MR) is 129 cm³/mol. The molecule has 8 heteroatoms. The van der Waals surface area contributed by atoms with Crippen molar-refractivity contribution < 1.29 is 15.0 Å². The Labute approximate surface area is 195 Å². The van der Waals surface area contributed by atoms with E-state index < -0.39 is 5.97 Å². The van der Waals surface area contributed by atoms with Gasteiger partial charge >= 0.3 is 5.97 Å². The molecule has 5 rings (SSSR count). The van der Waals surface area contributed by atoms with Crippen LogP contribution in [0.4, 0.5) is 5.69 Å². The summed E-state index contributed by atoms with van der Waals surface area (Å²) in [6.07, 6.45) is 3.70. The third-order valence-corrected chi connectivity index (χ3v) is 6.02. The molecule has 0 aliphatic carbocycles. The van der Waals surface area contributed by atoms with Gasteiger partial charge in [0, 0.05) is 29.5 Å². The van der Waals surface area contributed by atoms with Gasteiger partial charge in [-0.1, -0.05) is 6.07 Å². The van der Waals surface area contributed by atoms with Crippen LogP contribution in [0.5, 0.6) is 5.75 Å². The molecule has 7 nitrogen and oxygen atoms in total. The molecule has 0 saturated carbocycles. The maximum atomic E-state index is 11.3. The first kappa shape index (κ1) is 20.7. The van der Waals surface area contributed by atoms with Crippen molar-refractivity contribution in [1.29, 1.82) is 0 Å². The number of aromatic carboxylic acids is 1. The van der Waals surface area contributed by atoms with E-state index in [1.807, 2.05) is 58.1 Å². The Balaban J connectivity index is 1.63. The summed E-state index contributed by atoms with van der Waals surface area (Å²) >= 11 is 5.74. The highest BCUT2D eigenvalue weighted by molar-refractivity contribution is 7.80. The van der Waals surface area contributed by atoms with Crippen molar-refractivity contribution in [1.82, 2.24) is 14.9 Å². The van der Waals surface area contributed by atoms with E-state index in [4.69, 9.17) is 12.2 Å². The summed E-state index contributed by atoms with van der Waals surface area (Å²) in [5.74, 6) is -0.787. The molecule has 0 unspecified atom stereocenters. The average Bonchev–Trinajstić information content (AvgIpc) is 3.44. The quantitative estimate of drug-likeness (QED) is 0.382. The molecule has 1 saturated heterocycles. The third-order valence-electron chi connectivity index (χ3n) is 5.70. The molecule has 3 N–H and O–H groups in total. The van der Waals surface area contributed by atoms with Gasteiger partial charge in [-0.05, 0) is 85.0 Å². The highest BCUT2D eigenvalue weighted by Crippen LogP contribution is 2.42. The number of nitrogens with one attached hydrogen (secondary N) is 1. The molecule has 0 spiro atoms. The van der Waals surface area contributed by atoms with Crippen molar-refractivity contribution in [2.75, 3.05) is 4.90 Å². The molecule has 1 aliphatic rings. The molecule has 2 aromatic heterocycles. The number of thiocarbonyl (C=S) groups is 1. The van der Waals surface area contributed by atoms with E-state index in [1.54, 1.807) is 42.6 Å². The summed E-state index contributed by atoms with van der Waals surface area (Å²) in [6, 6.07) is 22.9. The van der Waals surface area contributed by atoms with Crippen LogP contribution in [0.2, 0.25) is 0 Å². The van der Waals surface area contributed by atoms with Crippen LogP contribution in [0.3, 0.4) is 0 Å². The summed E-state index contributed by atoms with van der Waals surface area (Å²) < 4.78 is 2.02. The minimum Gasteiger partial charge on any atom is -0.508 e. The van der Waals surface area contributed by atoms with Crippen LogP contribution in [0.15, 0.2) is 91.3 Å². The monoisotopic (exact) mass is 456 g/mol. The maximum Gasteiger partial charge on any atom is 0.335 e. The Morgan fingerprint density at radius 3 is 2.33 bits per heavy atom. The van der Waals surface area contributed by atoms with E-state index in [1.165, 1.54) is 0 Å². The van der Waals surface area contributed by atoms with E-state index in [2.05, 4.69) is 10.3 Å². The van der Waals surface area contributed by atoms with Gasteiger partial charge in [0.2, 0.25) is 0 Å². The second kappa shape index (κ2) is 8.40. The highest BCUT2D eigenvalue weighted by atomic mass is 32.1. The lowest BCUT2D eigenvalue weighted by Crippen LogP contribution is -2.30. The lowest BCUT2D eigenvalue weighted by Gasteiger charge is -2.29. The largest absolute Gasteiger partial charge is 0.508 e. The summed E-state index contributed by atoms with van der Waals surface area (Å²) in [5, 5.41) is 23.0. The number of carboxylic acid groups (broad SMARTS) is 1. The zero-order valence-corrected chi connectivity index (χ0v) is 18.2. The second-order valence-corrected chi connectivity index (χ2v) is 8.05. The zero-order valence-electron chi connectivity index (χ0n) is 17.4. The molecule has 33 heavy (non-hydrogen) atoms. The number of aromatic nitrogens is 2. The molecule has 4 aromatic rings. The van der Waals surface area contributed by atoms with Crippen molar-refractivity contribution in [2.24, 2.45) is 0 Å². The first-order valence-electron chi connectivity index (χ1n) is 10.3. The van der Waals surface area contributed by atoms with Crippen LogP contribution >= 0.6 is 12.2 Å². The smallest absolute Gasteiger partial charge is 0.335 e. The molecule has 0 bridgehead atoms. The van der Waals surface area contributed by atoms with Gasteiger partial charge < -0.3 is 25.0 Å². The molecule has 1 aliphatic heterocycles. The first-order valence-corrected chi connectivity index (χ1v) is 10.7. The van der Waals surface area contributed by atoms with E-state index >= 15 is 0 Å². The molecule has 164 valence electrons. The van der Waals surface area contributed by atoms with Crippen molar-refractivity contribution in [2.45, 2.75) is 12.1 Å². The topological polar surface area (TPSA) is 90.6 Å². The first-order chi connectivity index (χ1) is 16.0. The molecular weight excluding hydrogens is 436 g/mol. The molecule has 3 heterocycles. The lowest BCUT2D eigenvalue weighted by molar-refractivity contribution is 0.0697. The van der Waals surface area contributed by atoms with Gasteiger partial charge in [0.1, 0.15) is 11.8 Å². The van der Waals surface area contributed by atoms with Crippen LogP contribution in [0, 0.1) is 0 Å². The Kier molecular flexibility index (Phi) is 5.27. The number of nitrogens with zero attached hydrogens (tertiary/aromatic N) is 3. The minimum absolute atomic E-state index is 0.177. The normalized spacial score (nSPS) is 17.7. The van der Waals surface area contributed by atoms with Crippen molar-refractivity contribution in [3.8, 4) is 11.4 Å². The van der Waals surface area contributed by atoms with E-state index in [0.29, 0.717) is 5.11 Å². The van der Waals surface area contributed by atoms with Crippen molar-refractivity contribution in [3.63, 3.8) is 0 Å². The number of carbonyl (C=O) groups is 1. The van der Waals surface area contributed by atoms with Gasteiger partial charge in [0.15, 0.2) is 5.11 Å². The van der Waals surface area contributed by atoms with Crippen molar-refractivity contribution >= 4 is 29.0 Å². The Morgan fingerprint density at radius 2 is 1.67 bits per heavy atom. The summed E-state index contributed by atoms with van der Waals surface area (Å²) in [7, 11) is 0. The fourth-order valence-electron chi connectivity index (χ4n) is 4.18. The summed E-state index contributed by atoms with van der Waals surface area (Å²) in [4.78, 5) is 17.9. The molecule has 2 atom stereocenters. The van der Waals surface area contributed by atoms with E-state index in [9.17, 15) is 15.0 Å². The van der Waals surface area contributed by atoms with E-state index in [-0.39, 0.29) is 23.4 Å². The zero-order chi connectivity index (χ0) is 22.9. The number of phenolic OH excluding ortho intramolecular Hbond substituents is 1. The number of hydrogen-bond acceptors (Lipinski definition) is 4. The van der Waals surface area contributed by atoms with Crippen LogP contribution in [0.1, 0.15) is 33.8 Å². The SMILES string of the molecule is O=C(O)c1ccc(-n2cccc2[C@H]2[C@H](c3ccccn3)NC(=S)N2c2ccc(O)cc2)cc1.